The first-order chi connectivity index (χ1) is 8.51. The van der Waals surface area contributed by atoms with Crippen LogP contribution in [0.3, 0.4) is 0 Å². The lowest BCUT2D eigenvalue weighted by Gasteiger charge is -2.27. The van der Waals surface area contributed by atoms with Crippen molar-refractivity contribution in [1.82, 2.24) is 5.32 Å². The number of ether oxygens (including phenoxy) is 1. The molecule has 1 amide bonds. The Morgan fingerprint density at radius 1 is 1.50 bits per heavy atom. The van der Waals surface area contributed by atoms with Gasteiger partial charge in [0.25, 0.3) is 0 Å². The van der Waals surface area contributed by atoms with Crippen LogP contribution in [0.1, 0.15) is 20.3 Å². The number of rotatable bonds is 4. The zero-order valence-electron chi connectivity index (χ0n) is 10.4. The highest BCUT2D eigenvalue weighted by molar-refractivity contribution is 5.92. The van der Waals surface area contributed by atoms with Gasteiger partial charge in [0.05, 0.1) is 0 Å². The third-order valence-corrected chi connectivity index (χ3v) is 2.71. The van der Waals surface area contributed by atoms with E-state index in [2.05, 4.69) is 10.5 Å². The first-order valence-corrected chi connectivity index (χ1v) is 5.55. The highest BCUT2D eigenvalue weighted by atomic mass is 16.6. The molecule has 0 spiro atoms. The van der Waals surface area contributed by atoms with Crippen molar-refractivity contribution in [2.45, 2.75) is 25.8 Å². The summed E-state index contributed by atoms with van der Waals surface area (Å²) in [6.45, 7) is 3.45. The summed E-state index contributed by atoms with van der Waals surface area (Å²) in [6.07, 6.45) is -0.190. The summed E-state index contributed by atoms with van der Waals surface area (Å²) in [5.74, 6) is 0.350. The van der Waals surface area contributed by atoms with Gasteiger partial charge in [-0.1, -0.05) is 30.3 Å². The van der Waals surface area contributed by atoms with Gasteiger partial charge in [-0.3, -0.25) is 0 Å². The van der Waals surface area contributed by atoms with E-state index in [1.54, 1.807) is 38.1 Å². The van der Waals surface area contributed by atoms with E-state index in [4.69, 9.17) is 15.7 Å². The first-order valence-electron chi connectivity index (χ1n) is 5.55. The maximum absolute atomic E-state index is 11.7. The molecule has 1 aromatic rings. The largest absolute Gasteiger partial charge is 0.413 e. The zero-order chi connectivity index (χ0) is 13.6. The van der Waals surface area contributed by atoms with Crippen LogP contribution in [0.15, 0.2) is 35.5 Å². The second-order valence-electron chi connectivity index (χ2n) is 4.00. The van der Waals surface area contributed by atoms with Gasteiger partial charge in [0.1, 0.15) is 11.3 Å². The van der Waals surface area contributed by atoms with Crippen LogP contribution in [0.4, 0.5) is 4.79 Å². The fourth-order valence-corrected chi connectivity index (χ4v) is 1.29. The standard InChI is InChI=1S/C12H17N3O3/c1-3-12(2,10(13)15-17)14-11(16)18-9-7-5-4-6-8-9/h4-8,17H,3H2,1-2H3,(H2,13,15)(H,14,16). The summed E-state index contributed by atoms with van der Waals surface area (Å²) in [6, 6.07) is 8.65. The Labute approximate surface area is 105 Å². The van der Waals surface area contributed by atoms with Crippen molar-refractivity contribution < 1.29 is 14.7 Å². The molecule has 0 aliphatic carbocycles. The summed E-state index contributed by atoms with van der Waals surface area (Å²) in [5.41, 5.74) is 4.59. The van der Waals surface area contributed by atoms with E-state index in [9.17, 15) is 4.79 Å². The number of amides is 1. The van der Waals surface area contributed by atoms with Crippen LogP contribution in [-0.2, 0) is 0 Å². The van der Waals surface area contributed by atoms with Crippen LogP contribution in [0.25, 0.3) is 0 Å². The maximum Gasteiger partial charge on any atom is 0.413 e. The van der Waals surface area contributed by atoms with Crippen LogP contribution < -0.4 is 15.8 Å². The molecule has 98 valence electrons. The summed E-state index contributed by atoms with van der Waals surface area (Å²) >= 11 is 0. The summed E-state index contributed by atoms with van der Waals surface area (Å²) in [7, 11) is 0. The summed E-state index contributed by atoms with van der Waals surface area (Å²) in [5, 5.41) is 14.2. The molecule has 0 bridgehead atoms. The minimum Gasteiger partial charge on any atom is -0.410 e. The van der Waals surface area contributed by atoms with Crippen molar-refractivity contribution in [3.05, 3.63) is 30.3 Å². The Hall–Kier alpha value is -2.24. The molecule has 0 saturated carbocycles. The molecule has 6 nitrogen and oxygen atoms in total. The molecular weight excluding hydrogens is 234 g/mol. The number of oxime groups is 1. The van der Waals surface area contributed by atoms with Gasteiger partial charge in [-0.2, -0.15) is 0 Å². The lowest BCUT2D eigenvalue weighted by molar-refractivity contribution is 0.192. The van der Waals surface area contributed by atoms with Crippen LogP contribution in [0.2, 0.25) is 0 Å². The summed E-state index contributed by atoms with van der Waals surface area (Å²) in [4.78, 5) is 11.7. The van der Waals surface area contributed by atoms with Gasteiger partial charge in [0, 0.05) is 0 Å². The lowest BCUT2D eigenvalue weighted by atomic mass is 9.98. The number of benzene rings is 1. The van der Waals surface area contributed by atoms with E-state index >= 15 is 0 Å². The number of amidine groups is 1. The Balaban J connectivity index is 2.69. The number of hydrogen-bond donors (Lipinski definition) is 3. The smallest absolute Gasteiger partial charge is 0.410 e. The molecule has 4 N–H and O–H groups in total. The lowest BCUT2D eigenvalue weighted by Crippen LogP contribution is -2.55. The number of nitrogens with two attached hydrogens (primary N) is 1. The quantitative estimate of drug-likeness (QED) is 0.328. The number of nitrogens with one attached hydrogen (secondary N) is 1. The fraction of sp³-hybridized carbons (Fsp3) is 0.333. The van der Waals surface area contributed by atoms with E-state index in [0.717, 1.165) is 0 Å². The molecule has 1 aromatic carbocycles. The van der Waals surface area contributed by atoms with Gasteiger partial charge in [0.15, 0.2) is 5.84 Å². The van der Waals surface area contributed by atoms with Crippen LogP contribution in [0.5, 0.6) is 5.75 Å². The molecule has 0 heterocycles. The number of hydrogen-bond acceptors (Lipinski definition) is 4. The molecule has 0 aromatic heterocycles. The van der Waals surface area contributed by atoms with E-state index < -0.39 is 11.6 Å². The Morgan fingerprint density at radius 3 is 2.61 bits per heavy atom. The Kier molecular flexibility index (Phi) is 4.53. The van der Waals surface area contributed by atoms with Gasteiger partial charge >= 0.3 is 6.09 Å². The van der Waals surface area contributed by atoms with Crippen molar-refractivity contribution in [2.24, 2.45) is 10.9 Å². The number of nitrogens with zero attached hydrogens (tertiary/aromatic N) is 1. The molecule has 0 saturated heterocycles. The van der Waals surface area contributed by atoms with Gasteiger partial charge < -0.3 is 21.0 Å². The van der Waals surface area contributed by atoms with Crippen molar-refractivity contribution in [3.63, 3.8) is 0 Å². The highest BCUT2D eigenvalue weighted by Gasteiger charge is 2.30. The molecule has 1 rings (SSSR count). The van der Waals surface area contributed by atoms with Gasteiger partial charge in [0.2, 0.25) is 0 Å². The summed E-state index contributed by atoms with van der Waals surface area (Å²) < 4.78 is 5.06. The van der Waals surface area contributed by atoms with Gasteiger partial charge in [-0.05, 0) is 25.5 Å². The van der Waals surface area contributed by atoms with Crippen molar-refractivity contribution in [3.8, 4) is 5.75 Å². The molecular formula is C12H17N3O3. The number of carbonyl (C=O) groups is 1. The van der Waals surface area contributed by atoms with E-state index in [-0.39, 0.29) is 5.84 Å². The second kappa shape index (κ2) is 5.90. The molecule has 0 aliphatic rings. The van der Waals surface area contributed by atoms with Crippen LogP contribution in [0, 0.1) is 0 Å². The minimum atomic E-state index is -0.944. The molecule has 18 heavy (non-hydrogen) atoms. The highest BCUT2D eigenvalue weighted by Crippen LogP contribution is 2.12. The first kappa shape index (κ1) is 13.8. The molecule has 0 fully saturated rings. The van der Waals surface area contributed by atoms with E-state index in [0.29, 0.717) is 12.2 Å². The number of para-hydroxylation sites is 1. The molecule has 1 unspecified atom stereocenters. The number of carbonyl (C=O) groups excluding carboxylic acids is 1. The molecule has 1 atom stereocenters. The fourth-order valence-electron chi connectivity index (χ4n) is 1.29. The average Bonchev–Trinajstić information content (AvgIpc) is 2.38. The van der Waals surface area contributed by atoms with Crippen molar-refractivity contribution in [1.29, 1.82) is 0 Å². The second-order valence-corrected chi connectivity index (χ2v) is 4.00. The SMILES string of the molecule is CCC(C)(NC(=O)Oc1ccccc1)/C(N)=N/O. The topological polar surface area (TPSA) is 96.9 Å². The van der Waals surface area contributed by atoms with Gasteiger partial charge in [-0.25, -0.2) is 4.79 Å². The minimum absolute atomic E-state index is 0.0741. The van der Waals surface area contributed by atoms with Crippen molar-refractivity contribution in [2.75, 3.05) is 0 Å². The normalized spacial score (nSPS) is 14.7. The predicted molar refractivity (Wildman–Crippen MR) is 67.7 cm³/mol. The zero-order valence-corrected chi connectivity index (χ0v) is 10.4. The van der Waals surface area contributed by atoms with E-state index in [1.165, 1.54) is 0 Å². The molecule has 0 aliphatic heterocycles. The van der Waals surface area contributed by atoms with Gasteiger partial charge in [-0.15, -0.1) is 0 Å². The van der Waals surface area contributed by atoms with Crippen molar-refractivity contribution >= 4 is 11.9 Å². The van der Waals surface area contributed by atoms with Crippen LogP contribution in [-0.4, -0.2) is 22.7 Å². The third kappa shape index (κ3) is 3.38. The average molecular weight is 251 g/mol. The third-order valence-electron chi connectivity index (χ3n) is 2.71. The molecule has 6 heteroatoms. The predicted octanol–water partition coefficient (Wildman–Crippen LogP) is 1.69. The van der Waals surface area contributed by atoms with E-state index in [1.807, 2.05) is 6.07 Å². The Bertz CT molecular complexity index is 433. The molecule has 0 radical (unpaired) electrons. The monoisotopic (exact) mass is 251 g/mol. The van der Waals surface area contributed by atoms with Crippen LogP contribution >= 0.6 is 0 Å². The Morgan fingerprint density at radius 2 is 2.11 bits per heavy atom. The maximum atomic E-state index is 11.7.